The number of ether oxygens (including phenoxy) is 2. The van der Waals surface area contributed by atoms with Gasteiger partial charge in [-0.15, -0.1) is 0 Å². The Morgan fingerprint density at radius 2 is 1.77 bits per heavy atom. The number of benzene rings is 1. The molecule has 0 atom stereocenters. The summed E-state index contributed by atoms with van der Waals surface area (Å²) in [5, 5.41) is 3.54. The first-order chi connectivity index (χ1) is 15.2. The zero-order valence-corrected chi connectivity index (χ0v) is 17.8. The zero-order valence-electron chi connectivity index (χ0n) is 17.8. The third kappa shape index (κ3) is 4.69. The van der Waals surface area contributed by atoms with Crippen LogP contribution >= 0.6 is 0 Å². The van der Waals surface area contributed by atoms with Crippen LogP contribution in [0.15, 0.2) is 36.9 Å². The molecule has 2 fully saturated rings. The summed E-state index contributed by atoms with van der Waals surface area (Å²) in [6, 6.07) is 6.62. The quantitative estimate of drug-likeness (QED) is 0.673. The molecule has 2 aromatic heterocycles. The predicted molar refractivity (Wildman–Crippen MR) is 120 cm³/mol. The number of nitrogens with one attached hydrogen (secondary N) is 1. The van der Waals surface area contributed by atoms with Gasteiger partial charge in [-0.1, -0.05) is 0 Å². The molecule has 2 aliphatic rings. The molecule has 1 N–H and O–H groups in total. The van der Waals surface area contributed by atoms with E-state index in [2.05, 4.69) is 42.3 Å². The lowest BCUT2D eigenvalue weighted by atomic mass is 9.93. The van der Waals surface area contributed by atoms with Gasteiger partial charge in [0.05, 0.1) is 24.8 Å². The monoisotopic (exact) mass is 420 g/mol. The van der Waals surface area contributed by atoms with Gasteiger partial charge in [-0.2, -0.15) is 0 Å². The molecule has 1 saturated heterocycles. The van der Waals surface area contributed by atoms with Crippen molar-refractivity contribution in [2.45, 2.75) is 44.8 Å². The Bertz CT molecular complexity index is 1030. The Kier molecular flexibility index (Phi) is 5.80. The molecule has 0 radical (unpaired) electrons. The molecule has 0 spiro atoms. The number of hydrogen-bond donors (Lipinski definition) is 1. The van der Waals surface area contributed by atoms with E-state index in [1.165, 1.54) is 0 Å². The van der Waals surface area contributed by atoms with E-state index in [0.29, 0.717) is 6.04 Å². The topological polar surface area (TPSA) is 85.3 Å². The van der Waals surface area contributed by atoms with Gasteiger partial charge in [-0.05, 0) is 38.7 Å². The highest BCUT2D eigenvalue weighted by atomic mass is 16.5. The van der Waals surface area contributed by atoms with E-state index in [0.717, 1.165) is 86.0 Å². The van der Waals surface area contributed by atoms with Crippen LogP contribution in [0.5, 0.6) is 5.75 Å². The average Bonchev–Trinajstić information content (AvgIpc) is 2.81. The summed E-state index contributed by atoms with van der Waals surface area (Å²) in [5.74, 6) is 1.73. The Balaban J connectivity index is 1.28. The first-order valence-electron chi connectivity index (χ1n) is 11.0. The van der Waals surface area contributed by atoms with Gasteiger partial charge in [-0.3, -0.25) is 4.98 Å². The van der Waals surface area contributed by atoms with Crippen LogP contribution in [0.25, 0.3) is 11.0 Å². The van der Waals surface area contributed by atoms with E-state index < -0.39 is 0 Å². The van der Waals surface area contributed by atoms with Gasteiger partial charge in [0.15, 0.2) is 0 Å². The summed E-state index contributed by atoms with van der Waals surface area (Å²) in [5.41, 5.74) is 3.80. The maximum Gasteiger partial charge on any atom is 0.149 e. The fourth-order valence-corrected chi connectivity index (χ4v) is 4.37. The average molecular weight is 421 g/mol. The smallest absolute Gasteiger partial charge is 0.149 e. The molecule has 8 heteroatoms. The first kappa shape index (κ1) is 19.9. The summed E-state index contributed by atoms with van der Waals surface area (Å²) in [4.78, 5) is 19.9. The van der Waals surface area contributed by atoms with Gasteiger partial charge in [0.2, 0.25) is 0 Å². The van der Waals surface area contributed by atoms with E-state index in [9.17, 15) is 0 Å². The van der Waals surface area contributed by atoms with Gasteiger partial charge >= 0.3 is 0 Å². The third-order valence-electron chi connectivity index (χ3n) is 6.02. The minimum Gasteiger partial charge on any atom is -0.488 e. The number of morpholine rings is 1. The molecule has 3 heterocycles. The molecular weight excluding hydrogens is 392 g/mol. The largest absolute Gasteiger partial charge is 0.488 e. The SMILES string of the molecule is Cc1cc(NC2CCC(Oc3cc(N4CCOCC4)cc4nccnc34)CC2)ncn1. The lowest BCUT2D eigenvalue weighted by Gasteiger charge is -2.31. The van der Waals surface area contributed by atoms with Crippen LogP contribution in [0.3, 0.4) is 0 Å². The van der Waals surface area contributed by atoms with Crippen molar-refractivity contribution in [2.75, 3.05) is 36.5 Å². The molecule has 1 aliphatic carbocycles. The standard InChI is InChI=1S/C23H28N6O2/c1-16-12-22(27-15-26-16)28-17-2-4-19(5-3-17)31-21-14-18(29-8-10-30-11-9-29)13-20-23(21)25-7-6-24-20/h6-7,12-15,17,19H,2-5,8-11H2,1H3,(H,26,27,28). The number of aryl methyl sites for hydroxylation is 1. The fourth-order valence-electron chi connectivity index (χ4n) is 4.37. The van der Waals surface area contributed by atoms with Crippen LogP contribution < -0.4 is 15.0 Å². The van der Waals surface area contributed by atoms with Crippen molar-refractivity contribution in [3.63, 3.8) is 0 Å². The number of hydrogen-bond acceptors (Lipinski definition) is 8. The zero-order chi connectivity index (χ0) is 21.0. The van der Waals surface area contributed by atoms with E-state index >= 15 is 0 Å². The molecule has 31 heavy (non-hydrogen) atoms. The number of anilines is 2. The van der Waals surface area contributed by atoms with Crippen molar-refractivity contribution in [3.8, 4) is 5.75 Å². The lowest BCUT2D eigenvalue weighted by molar-refractivity contribution is 0.122. The molecule has 1 saturated carbocycles. The molecule has 8 nitrogen and oxygen atoms in total. The second-order valence-corrected chi connectivity index (χ2v) is 8.25. The fraction of sp³-hybridized carbons (Fsp3) is 0.478. The molecule has 3 aromatic rings. The van der Waals surface area contributed by atoms with Crippen molar-refractivity contribution in [2.24, 2.45) is 0 Å². The van der Waals surface area contributed by atoms with Gasteiger partial charge in [0.1, 0.15) is 23.4 Å². The molecule has 0 amide bonds. The Morgan fingerprint density at radius 3 is 2.58 bits per heavy atom. The van der Waals surface area contributed by atoms with Gasteiger partial charge < -0.3 is 19.7 Å². The van der Waals surface area contributed by atoms with Crippen molar-refractivity contribution >= 4 is 22.5 Å². The van der Waals surface area contributed by atoms with Crippen molar-refractivity contribution in [1.82, 2.24) is 19.9 Å². The van der Waals surface area contributed by atoms with Crippen LogP contribution in [0.4, 0.5) is 11.5 Å². The highest BCUT2D eigenvalue weighted by Gasteiger charge is 2.24. The molecule has 0 unspecified atom stereocenters. The minimum atomic E-state index is 0.176. The summed E-state index contributed by atoms with van der Waals surface area (Å²) in [7, 11) is 0. The minimum absolute atomic E-state index is 0.176. The van der Waals surface area contributed by atoms with Crippen molar-refractivity contribution in [1.29, 1.82) is 0 Å². The molecule has 1 aliphatic heterocycles. The van der Waals surface area contributed by atoms with E-state index in [1.807, 2.05) is 13.0 Å². The maximum absolute atomic E-state index is 6.50. The summed E-state index contributed by atoms with van der Waals surface area (Å²) in [6.45, 7) is 5.24. The maximum atomic E-state index is 6.50. The Hall–Kier alpha value is -3.00. The Morgan fingerprint density at radius 1 is 0.968 bits per heavy atom. The summed E-state index contributed by atoms with van der Waals surface area (Å²) >= 11 is 0. The van der Waals surface area contributed by atoms with Gasteiger partial charge in [-0.25, -0.2) is 15.0 Å². The number of aromatic nitrogens is 4. The molecule has 5 rings (SSSR count). The second-order valence-electron chi connectivity index (χ2n) is 8.25. The van der Waals surface area contributed by atoms with Crippen LogP contribution in [0.2, 0.25) is 0 Å². The van der Waals surface area contributed by atoms with Crippen molar-refractivity contribution < 1.29 is 9.47 Å². The van der Waals surface area contributed by atoms with E-state index in [-0.39, 0.29) is 6.10 Å². The molecule has 0 bridgehead atoms. The summed E-state index contributed by atoms with van der Waals surface area (Å²) < 4.78 is 12.0. The number of rotatable bonds is 5. The van der Waals surface area contributed by atoms with Crippen LogP contribution in [-0.2, 0) is 4.74 Å². The lowest BCUT2D eigenvalue weighted by Crippen LogP contribution is -2.36. The first-order valence-corrected chi connectivity index (χ1v) is 11.0. The number of nitrogens with zero attached hydrogens (tertiary/aromatic N) is 5. The normalized spacial score (nSPS) is 21.8. The Labute approximate surface area is 182 Å². The van der Waals surface area contributed by atoms with Crippen LogP contribution in [-0.4, -0.2) is 58.4 Å². The van der Waals surface area contributed by atoms with Gasteiger partial charge in [0, 0.05) is 55.0 Å². The summed E-state index contributed by atoms with van der Waals surface area (Å²) in [6.07, 6.45) is 9.32. The van der Waals surface area contributed by atoms with Gasteiger partial charge in [0.25, 0.3) is 0 Å². The van der Waals surface area contributed by atoms with Crippen molar-refractivity contribution in [3.05, 3.63) is 42.6 Å². The van der Waals surface area contributed by atoms with E-state index in [4.69, 9.17) is 9.47 Å². The highest BCUT2D eigenvalue weighted by molar-refractivity contribution is 5.85. The predicted octanol–water partition coefficient (Wildman–Crippen LogP) is 3.37. The molecule has 1 aromatic carbocycles. The molecule has 162 valence electrons. The van der Waals surface area contributed by atoms with Crippen LogP contribution in [0, 0.1) is 6.92 Å². The number of fused-ring (bicyclic) bond motifs is 1. The molecular formula is C23H28N6O2. The highest BCUT2D eigenvalue weighted by Crippen LogP contribution is 2.33. The third-order valence-corrected chi connectivity index (χ3v) is 6.02. The second kappa shape index (κ2) is 9.01. The van der Waals surface area contributed by atoms with Crippen LogP contribution in [0.1, 0.15) is 31.4 Å². The van der Waals surface area contributed by atoms with E-state index in [1.54, 1.807) is 18.7 Å².